The van der Waals surface area contributed by atoms with Crippen molar-refractivity contribution >= 4 is 0 Å². The van der Waals surface area contributed by atoms with Gasteiger partial charge in [0.15, 0.2) is 0 Å². The number of aryl methyl sites for hydroxylation is 1. The average Bonchev–Trinajstić information content (AvgIpc) is 3.03. The Kier molecular flexibility index (Phi) is 4.51. The first-order valence-electron chi connectivity index (χ1n) is 7.35. The van der Waals surface area contributed by atoms with Crippen LogP contribution in [0.3, 0.4) is 0 Å². The van der Waals surface area contributed by atoms with Crippen molar-refractivity contribution in [2.24, 2.45) is 0 Å². The number of ether oxygens (including phenoxy) is 1. The van der Waals surface area contributed by atoms with Gasteiger partial charge in [-0.1, -0.05) is 24.3 Å². The highest BCUT2D eigenvalue weighted by atomic mass is 16.5. The first-order chi connectivity index (χ1) is 9.93. The van der Waals surface area contributed by atoms with Crippen molar-refractivity contribution < 1.29 is 9.15 Å². The van der Waals surface area contributed by atoms with E-state index in [1.54, 1.807) is 6.26 Å². The van der Waals surface area contributed by atoms with E-state index >= 15 is 0 Å². The summed E-state index contributed by atoms with van der Waals surface area (Å²) in [5, 5.41) is 0. The third-order valence-corrected chi connectivity index (χ3v) is 3.83. The maximum absolute atomic E-state index is 5.53. The van der Waals surface area contributed by atoms with Gasteiger partial charge in [0.2, 0.25) is 0 Å². The summed E-state index contributed by atoms with van der Waals surface area (Å²) in [5.41, 5.74) is 2.59. The summed E-state index contributed by atoms with van der Waals surface area (Å²) in [7, 11) is 0. The topological polar surface area (TPSA) is 25.6 Å². The highest BCUT2D eigenvalue weighted by Gasteiger charge is 2.11. The molecule has 0 spiro atoms. The molecule has 0 N–H and O–H groups in total. The Hall–Kier alpha value is -1.58. The summed E-state index contributed by atoms with van der Waals surface area (Å²) in [6.07, 6.45) is 4.01. The van der Waals surface area contributed by atoms with Crippen molar-refractivity contribution in [3.8, 4) is 11.3 Å². The molecule has 0 saturated carbocycles. The van der Waals surface area contributed by atoms with Crippen LogP contribution in [0.25, 0.3) is 11.3 Å². The molecule has 1 aromatic heterocycles. The van der Waals surface area contributed by atoms with Crippen LogP contribution in [0.4, 0.5) is 0 Å². The SMILES string of the molecule is c1coc(-c2ccccc2CCCN2CCOCC2)c1. The molecular formula is C17H21NO2. The van der Waals surface area contributed by atoms with Gasteiger partial charge in [-0.05, 0) is 37.1 Å². The molecule has 106 valence electrons. The van der Waals surface area contributed by atoms with Gasteiger partial charge in [0.05, 0.1) is 19.5 Å². The summed E-state index contributed by atoms with van der Waals surface area (Å²) in [6, 6.07) is 12.5. The van der Waals surface area contributed by atoms with Crippen molar-refractivity contribution in [3.63, 3.8) is 0 Å². The number of hydrogen-bond donors (Lipinski definition) is 0. The maximum atomic E-state index is 5.53. The smallest absolute Gasteiger partial charge is 0.134 e. The first-order valence-corrected chi connectivity index (χ1v) is 7.35. The Morgan fingerprint density at radius 1 is 1.00 bits per heavy atom. The van der Waals surface area contributed by atoms with Gasteiger partial charge in [-0.3, -0.25) is 4.90 Å². The van der Waals surface area contributed by atoms with E-state index in [2.05, 4.69) is 29.2 Å². The molecule has 3 rings (SSSR count). The molecule has 0 bridgehead atoms. The molecule has 1 saturated heterocycles. The molecule has 1 aromatic carbocycles. The van der Waals surface area contributed by atoms with Crippen molar-refractivity contribution in [2.75, 3.05) is 32.8 Å². The van der Waals surface area contributed by atoms with Crippen LogP contribution in [0, 0.1) is 0 Å². The molecule has 2 aromatic rings. The molecule has 1 fully saturated rings. The second-order valence-corrected chi connectivity index (χ2v) is 5.19. The quantitative estimate of drug-likeness (QED) is 0.835. The van der Waals surface area contributed by atoms with Crippen molar-refractivity contribution in [1.82, 2.24) is 4.90 Å². The fraction of sp³-hybridized carbons (Fsp3) is 0.412. The van der Waals surface area contributed by atoms with Gasteiger partial charge >= 0.3 is 0 Å². The van der Waals surface area contributed by atoms with Crippen molar-refractivity contribution in [3.05, 3.63) is 48.2 Å². The largest absolute Gasteiger partial charge is 0.464 e. The monoisotopic (exact) mass is 271 g/mol. The highest BCUT2D eigenvalue weighted by molar-refractivity contribution is 5.61. The number of furan rings is 1. The van der Waals surface area contributed by atoms with E-state index in [9.17, 15) is 0 Å². The first kappa shape index (κ1) is 13.4. The second kappa shape index (κ2) is 6.73. The molecular weight excluding hydrogens is 250 g/mol. The molecule has 2 heterocycles. The number of rotatable bonds is 5. The Bertz CT molecular complexity index is 516. The van der Waals surface area contributed by atoms with Crippen molar-refractivity contribution in [2.45, 2.75) is 12.8 Å². The maximum Gasteiger partial charge on any atom is 0.134 e. The zero-order valence-corrected chi connectivity index (χ0v) is 11.8. The standard InChI is InChI=1S/C17H21NO2/c1-2-7-16(17-8-4-12-20-17)15(5-1)6-3-9-18-10-13-19-14-11-18/h1-2,4-5,7-8,12H,3,6,9-11,13-14H2. The van der Waals surface area contributed by atoms with Gasteiger partial charge in [-0.25, -0.2) is 0 Å². The van der Waals surface area contributed by atoms with Gasteiger partial charge in [-0.2, -0.15) is 0 Å². The molecule has 1 aliphatic heterocycles. The van der Waals surface area contributed by atoms with Gasteiger partial charge in [0.1, 0.15) is 5.76 Å². The van der Waals surface area contributed by atoms with E-state index in [0.29, 0.717) is 0 Å². The Morgan fingerprint density at radius 3 is 2.65 bits per heavy atom. The zero-order valence-electron chi connectivity index (χ0n) is 11.8. The molecule has 0 aliphatic carbocycles. The van der Waals surface area contributed by atoms with Gasteiger partial charge in [0.25, 0.3) is 0 Å². The lowest BCUT2D eigenvalue weighted by Crippen LogP contribution is -2.36. The fourth-order valence-corrected chi connectivity index (χ4v) is 2.73. The lowest BCUT2D eigenvalue weighted by atomic mass is 10.0. The van der Waals surface area contributed by atoms with Crippen LogP contribution in [0.15, 0.2) is 47.1 Å². The summed E-state index contributed by atoms with van der Waals surface area (Å²) in [6.45, 7) is 5.04. The number of morpholine rings is 1. The summed E-state index contributed by atoms with van der Waals surface area (Å²) in [5.74, 6) is 0.965. The molecule has 3 nitrogen and oxygen atoms in total. The van der Waals surface area contributed by atoms with Gasteiger partial charge in [-0.15, -0.1) is 0 Å². The summed E-state index contributed by atoms with van der Waals surface area (Å²) < 4.78 is 10.9. The second-order valence-electron chi connectivity index (χ2n) is 5.19. The van der Waals surface area contributed by atoms with Crippen molar-refractivity contribution in [1.29, 1.82) is 0 Å². The van der Waals surface area contributed by atoms with Crippen LogP contribution in [-0.2, 0) is 11.2 Å². The van der Waals surface area contributed by atoms with E-state index in [-0.39, 0.29) is 0 Å². The minimum atomic E-state index is 0.878. The summed E-state index contributed by atoms with van der Waals surface area (Å²) >= 11 is 0. The molecule has 0 atom stereocenters. The van der Waals surface area contributed by atoms with Crippen LogP contribution < -0.4 is 0 Å². The zero-order chi connectivity index (χ0) is 13.6. The minimum Gasteiger partial charge on any atom is -0.464 e. The van der Waals surface area contributed by atoms with E-state index in [4.69, 9.17) is 9.15 Å². The normalized spacial score (nSPS) is 16.4. The van der Waals surface area contributed by atoms with E-state index in [0.717, 1.165) is 45.0 Å². The predicted molar refractivity (Wildman–Crippen MR) is 79.7 cm³/mol. The average molecular weight is 271 g/mol. The third kappa shape index (κ3) is 3.30. The Morgan fingerprint density at radius 2 is 1.85 bits per heavy atom. The molecule has 0 amide bonds. The van der Waals surface area contributed by atoms with Crippen LogP contribution in [0.2, 0.25) is 0 Å². The van der Waals surface area contributed by atoms with Crippen LogP contribution in [0.1, 0.15) is 12.0 Å². The van der Waals surface area contributed by atoms with E-state index in [1.165, 1.54) is 17.5 Å². The van der Waals surface area contributed by atoms with Gasteiger partial charge in [0, 0.05) is 18.7 Å². The highest BCUT2D eigenvalue weighted by Crippen LogP contribution is 2.25. The Labute approximate surface area is 120 Å². The fourth-order valence-electron chi connectivity index (χ4n) is 2.73. The van der Waals surface area contributed by atoms with E-state index < -0.39 is 0 Å². The van der Waals surface area contributed by atoms with Crippen LogP contribution >= 0.6 is 0 Å². The minimum absolute atomic E-state index is 0.878. The van der Waals surface area contributed by atoms with E-state index in [1.807, 2.05) is 12.1 Å². The number of hydrogen-bond acceptors (Lipinski definition) is 3. The lowest BCUT2D eigenvalue weighted by molar-refractivity contribution is 0.0375. The molecule has 0 unspecified atom stereocenters. The number of benzene rings is 1. The lowest BCUT2D eigenvalue weighted by Gasteiger charge is -2.26. The summed E-state index contributed by atoms with van der Waals surface area (Å²) in [4.78, 5) is 2.49. The van der Waals surface area contributed by atoms with Crippen LogP contribution in [-0.4, -0.2) is 37.7 Å². The Balaban J connectivity index is 1.60. The third-order valence-electron chi connectivity index (χ3n) is 3.83. The van der Waals surface area contributed by atoms with Gasteiger partial charge < -0.3 is 9.15 Å². The molecule has 20 heavy (non-hydrogen) atoms. The molecule has 0 radical (unpaired) electrons. The predicted octanol–water partition coefficient (Wildman–Crippen LogP) is 3.21. The molecule has 3 heteroatoms. The van der Waals surface area contributed by atoms with Crippen LogP contribution in [0.5, 0.6) is 0 Å². The molecule has 1 aliphatic rings. The number of nitrogens with zero attached hydrogens (tertiary/aromatic N) is 1.